The van der Waals surface area contributed by atoms with Gasteiger partial charge in [0.05, 0.1) is 17.7 Å². The van der Waals surface area contributed by atoms with Crippen molar-refractivity contribution >= 4 is 16.3 Å². The van der Waals surface area contributed by atoms with Crippen molar-refractivity contribution in [1.29, 1.82) is 5.26 Å². The van der Waals surface area contributed by atoms with Crippen LogP contribution in [0, 0.1) is 11.3 Å². The van der Waals surface area contributed by atoms with Crippen molar-refractivity contribution in [3.63, 3.8) is 0 Å². The third-order valence-corrected chi connectivity index (χ3v) is 3.62. The van der Waals surface area contributed by atoms with E-state index in [1.165, 1.54) is 11.3 Å². The Morgan fingerprint density at radius 3 is 2.83 bits per heavy atom. The number of anilines is 1. The van der Waals surface area contributed by atoms with Gasteiger partial charge in [0, 0.05) is 5.56 Å². The highest BCUT2D eigenvalue weighted by atomic mass is 32.1. The van der Waals surface area contributed by atoms with Crippen LogP contribution in [0.3, 0.4) is 0 Å². The summed E-state index contributed by atoms with van der Waals surface area (Å²) >= 11 is 1.49. The van der Waals surface area contributed by atoms with Gasteiger partial charge >= 0.3 is 0 Å². The second kappa shape index (κ2) is 5.07. The van der Waals surface area contributed by atoms with Gasteiger partial charge in [0.1, 0.15) is 22.5 Å². The number of aryl methyl sites for hydroxylation is 1. The molecule has 2 aromatic rings. The maximum atomic E-state index is 9.06. The lowest BCUT2D eigenvalue weighted by molar-refractivity contribution is 0.413. The summed E-state index contributed by atoms with van der Waals surface area (Å²) in [4.78, 5) is 4.47. The molecule has 0 aliphatic carbocycles. The van der Waals surface area contributed by atoms with Crippen LogP contribution in [0.25, 0.3) is 11.3 Å². The summed E-state index contributed by atoms with van der Waals surface area (Å²) in [7, 11) is 1.54. The van der Waals surface area contributed by atoms with Gasteiger partial charge in [-0.05, 0) is 24.6 Å². The Balaban J connectivity index is 2.51. The van der Waals surface area contributed by atoms with Crippen molar-refractivity contribution in [2.45, 2.75) is 13.3 Å². The van der Waals surface area contributed by atoms with Crippen LogP contribution in [0.5, 0.6) is 5.75 Å². The number of rotatable bonds is 3. The largest absolute Gasteiger partial charge is 0.495 e. The second-order valence-corrected chi connectivity index (χ2v) is 4.82. The molecule has 0 bridgehead atoms. The fourth-order valence-corrected chi connectivity index (χ4v) is 2.47. The lowest BCUT2D eigenvalue weighted by Crippen LogP contribution is -1.91. The summed E-state index contributed by atoms with van der Waals surface area (Å²) < 4.78 is 5.11. The predicted octanol–water partition coefficient (Wildman–Crippen LogP) is 2.83. The molecule has 1 aromatic heterocycles. The lowest BCUT2D eigenvalue weighted by atomic mass is 10.1. The summed E-state index contributed by atoms with van der Waals surface area (Å²) in [6.07, 6.45) is 0.857. The average Bonchev–Trinajstić information content (AvgIpc) is 2.79. The van der Waals surface area contributed by atoms with E-state index in [0.29, 0.717) is 16.3 Å². The zero-order valence-corrected chi connectivity index (χ0v) is 11.0. The van der Waals surface area contributed by atoms with Crippen LogP contribution in [0.1, 0.15) is 17.5 Å². The minimum Gasteiger partial charge on any atom is -0.495 e. The van der Waals surface area contributed by atoms with Crippen molar-refractivity contribution < 1.29 is 4.74 Å². The summed E-state index contributed by atoms with van der Waals surface area (Å²) in [6, 6.07) is 7.49. The molecule has 0 saturated carbocycles. The summed E-state index contributed by atoms with van der Waals surface area (Å²) in [5.41, 5.74) is 8.03. The number of nitrogens with zero attached hydrogens (tertiary/aromatic N) is 2. The number of nitrogens with two attached hydrogens (primary N) is 1. The first-order valence-corrected chi connectivity index (χ1v) is 6.35. The van der Waals surface area contributed by atoms with Crippen LogP contribution in [0.15, 0.2) is 18.2 Å². The van der Waals surface area contributed by atoms with Crippen LogP contribution in [0.4, 0.5) is 5.00 Å². The number of thiazole rings is 1. The third kappa shape index (κ3) is 2.15. The molecule has 1 heterocycles. The van der Waals surface area contributed by atoms with Crippen molar-refractivity contribution in [3.8, 4) is 23.1 Å². The van der Waals surface area contributed by atoms with E-state index in [9.17, 15) is 0 Å². The molecule has 5 heteroatoms. The number of benzene rings is 1. The van der Waals surface area contributed by atoms with E-state index in [2.05, 4.69) is 11.1 Å². The van der Waals surface area contributed by atoms with Crippen LogP contribution < -0.4 is 10.5 Å². The molecule has 1 aromatic carbocycles. The number of hydrogen-bond acceptors (Lipinski definition) is 5. The number of aromatic nitrogens is 1. The highest BCUT2D eigenvalue weighted by molar-refractivity contribution is 7.16. The van der Waals surface area contributed by atoms with E-state index in [4.69, 9.17) is 15.7 Å². The van der Waals surface area contributed by atoms with Gasteiger partial charge in [0.25, 0.3) is 0 Å². The number of nitriles is 1. The molecule has 0 amide bonds. The smallest absolute Gasteiger partial charge is 0.136 e. The lowest BCUT2D eigenvalue weighted by Gasteiger charge is -2.04. The molecule has 18 heavy (non-hydrogen) atoms. The fraction of sp³-hybridized carbons (Fsp3) is 0.231. The van der Waals surface area contributed by atoms with Crippen molar-refractivity contribution in [3.05, 3.63) is 28.8 Å². The Bertz CT molecular complexity index is 613. The molecular formula is C13H13N3OS. The first-order chi connectivity index (χ1) is 8.69. The molecule has 0 atom stereocenters. The zero-order chi connectivity index (χ0) is 13.1. The topological polar surface area (TPSA) is 71.9 Å². The van der Waals surface area contributed by atoms with Gasteiger partial charge in [0.2, 0.25) is 0 Å². The molecule has 0 fully saturated rings. The molecule has 92 valence electrons. The maximum absolute atomic E-state index is 9.06. The molecule has 0 aliphatic heterocycles. The van der Waals surface area contributed by atoms with Crippen LogP contribution in [0.2, 0.25) is 0 Å². The number of hydrogen-bond donors (Lipinski definition) is 1. The summed E-state index contributed by atoms with van der Waals surface area (Å²) in [5.74, 6) is 0.561. The summed E-state index contributed by atoms with van der Waals surface area (Å²) in [6.45, 7) is 2.04. The molecule has 0 radical (unpaired) electrons. The average molecular weight is 259 g/mol. The monoisotopic (exact) mass is 259 g/mol. The molecule has 4 nitrogen and oxygen atoms in total. The Kier molecular flexibility index (Phi) is 3.49. The molecule has 0 spiro atoms. The first kappa shape index (κ1) is 12.4. The van der Waals surface area contributed by atoms with E-state index in [1.54, 1.807) is 19.2 Å². The van der Waals surface area contributed by atoms with Gasteiger partial charge in [-0.15, -0.1) is 11.3 Å². The van der Waals surface area contributed by atoms with Gasteiger partial charge in [-0.1, -0.05) is 6.92 Å². The zero-order valence-electron chi connectivity index (χ0n) is 10.2. The normalized spacial score (nSPS) is 10.1. The quantitative estimate of drug-likeness (QED) is 0.920. The summed E-state index contributed by atoms with van der Waals surface area (Å²) in [5, 5.41) is 10.7. The molecular weight excluding hydrogens is 246 g/mol. The fourth-order valence-electron chi connectivity index (χ4n) is 1.68. The van der Waals surface area contributed by atoms with E-state index in [-0.39, 0.29) is 0 Å². The highest BCUT2D eigenvalue weighted by Crippen LogP contribution is 2.33. The molecule has 0 aliphatic rings. The molecule has 2 rings (SSSR count). The number of methoxy groups -OCH3 is 1. The maximum Gasteiger partial charge on any atom is 0.136 e. The Morgan fingerprint density at radius 2 is 2.28 bits per heavy atom. The Labute approximate surface area is 110 Å². The van der Waals surface area contributed by atoms with Gasteiger partial charge in [-0.2, -0.15) is 5.26 Å². The minimum atomic E-state index is 0.487. The molecule has 2 N–H and O–H groups in total. The third-order valence-electron chi connectivity index (χ3n) is 2.59. The first-order valence-electron chi connectivity index (χ1n) is 5.53. The van der Waals surface area contributed by atoms with Crippen molar-refractivity contribution in [2.75, 3.05) is 12.8 Å². The standard InChI is InChI=1S/C13H13N3OS/c1-3-11-16-12(13(15)18-11)8-4-5-10(17-2)9(6-8)7-14/h4-6H,3,15H2,1-2H3. The van der Waals surface area contributed by atoms with Gasteiger partial charge in [0.15, 0.2) is 0 Å². The van der Waals surface area contributed by atoms with Gasteiger partial charge in [-0.3, -0.25) is 0 Å². The number of nitrogen functional groups attached to an aromatic ring is 1. The van der Waals surface area contributed by atoms with Crippen LogP contribution in [-0.2, 0) is 6.42 Å². The van der Waals surface area contributed by atoms with Crippen molar-refractivity contribution in [2.24, 2.45) is 0 Å². The van der Waals surface area contributed by atoms with Crippen LogP contribution in [-0.4, -0.2) is 12.1 Å². The van der Waals surface area contributed by atoms with E-state index >= 15 is 0 Å². The van der Waals surface area contributed by atoms with E-state index < -0.39 is 0 Å². The highest BCUT2D eigenvalue weighted by Gasteiger charge is 2.12. The predicted molar refractivity (Wildman–Crippen MR) is 72.6 cm³/mol. The minimum absolute atomic E-state index is 0.487. The number of ether oxygens (including phenoxy) is 1. The van der Waals surface area contributed by atoms with Gasteiger partial charge in [-0.25, -0.2) is 4.98 Å². The molecule has 0 saturated heterocycles. The molecule has 0 unspecified atom stereocenters. The Morgan fingerprint density at radius 1 is 1.50 bits per heavy atom. The SMILES string of the molecule is CCc1nc(-c2ccc(OC)c(C#N)c2)c(N)s1. The van der Waals surface area contributed by atoms with Crippen molar-refractivity contribution in [1.82, 2.24) is 4.98 Å². The second-order valence-electron chi connectivity index (χ2n) is 3.70. The Hall–Kier alpha value is -2.06. The van der Waals surface area contributed by atoms with E-state index in [1.807, 2.05) is 13.0 Å². The van der Waals surface area contributed by atoms with Gasteiger partial charge < -0.3 is 10.5 Å². The van der Waals surface area contributed by atoms with E-state index in [0.717, 1.165) is 22.7 Å². The van der Waals surface area contributed by atoms with Crippen LogP contribution >= 0.6 is 11.3 Å².